The molecule has 0 saturated heterocycles. The normalized spacial score (nSPS) is 50.0. The monoisotopic (exact) mass is 402 g/mol. The van der Waals surface area contributed by atoms with Gasteiger partial charge in [-0.25, -0.2) is 4.79 Å². The fourth-order valence-electron chi connectivity index (χ4n) is 8.92. The Morgan fingerprint density at radius 3 is 2.83 bits per heavy atom. The van der Waals surface area contributed by atoms with Gasteiger partial charge in [0.15, 0.2) is 5.78 Å². The van der Waals surface area contributed by atoms with Gasteiger partial charge in [0.1, 0.15) is 0 Å². The number of carbonyl (C=O) groups excluding carboxylic acids is 1. The quantitative estimate of drug-likeness (QED) is 0.680. The van der Waals surface area contributed by atoms with Crippen LogP contribution in [0, 0.1) is 46.8 Å². The summed E-state index contributed by atoms with van der Waals surface area (Å²) in [5.74, 6) is 4.08. The van der Waals surface area contributed by atoms with E-state index in [1.54, 1.807) is 0 Å². The number of carboxylic acid groups (broad SMARTS) is 1. The Labute approximate surface area is 172 Å². The molecule has 0 aromatic rings. The molecule has 160 valence electrons. The minimum Gasteiger partial charge on any atom is -0.450 e. The lowest BCUT2D eigenvalue weighted by atomic mass is 9.46. The second-order valence-corrected chi connectivity index (χ2v) is 10.6. The maximum Gasteiger partial charge on any atom is 0.505 e. The van der Waals surface area contributed by atoms with E-state index in [1.165, 1.54) is 5.57 Å². The first kappa shape index (κ1) is 19.6. The van der Waals surface area contributed by atoms with Gasteiger partial charge < -0.3 is 14.9 Å². The van der Waals surface area contributed by atoms with Crippen molar-refractivity contribution in [2.45, 2.75) is 70.8 Å². The summed E-state index contributed by atoms with van der Waals surface area (Å²) < 4.78 is 4.83. The molecular formula is C24H34O5. The van der Waals surface area contributed by atoms with Crippen LogP contribution in [0.2, 0.25) is 0 Å². The van der Waals surface area contributed by atoms with Crippen molar-refractivity contribution in [3.63, 3.8) is 0 Å². The van der Waals surface area contributed by atoms with Crippen LogP contribution in [0.4, 0.5) is 4.79 Å². The fraction of sp³-hybridized carbons (Fsp3) is 0.833. The zero-order valence-electron chi connectivity index (χ0n) is 17.6. The Bertz CT molecular complexity index is 758. The lowest BCUT2D eigenvalue weighted by Crippen LogP contribution is -2.58. The first-order valence-corrected chi connectivity index (χ1v) is 11.6. The highest BCUT2D eigenvalue weighted by Crippen LogP contribution is 2.77. The van der Waals surface area contributed by atoms with Crippen LogP contribution >= 0.6 is 0 Å². The summed E-state index contributed by atoms with van der Waals surface area (Å²) in [6.07, 6.45) is 8.05. The maximum absolute atomic E-state index is 12.0. The summed E-state index contributed by atoms with van der Waals surface area (Å²) >= 11 is 0. The molecule has 0 aromatic heterocycles. The zero-order chi connectivity index (χ0) is 20.6. The van der Waals surface area contributed by atoms with Crippen molar-refractivity contribution < 1.29 is 24.5 Å². The number of allylic oxidation sites excluding steroid dienone is 1. The fourth-order valence-corrected chi connectivity index (χ4v) is 8.92. The van der Waals surface area contributed by atoms with E-state index in [1.807, 2.05) is 6.08 Å². The topological polar surface area (TPSA) is 83.8 Å². The van der Waals surface area contributed by atoms with E-state index in [0.29, 0.717) is 60.1 Å². The molecule has 0 unspecified atom stereocenters. The Kier molecular flexibility index (Phi) is 4.44. The predicted molar refractivity (Wildman–Crippen MR) is 107 cm³/mol. The summed E-state index contributed by atoms with van der Waals surface area (Å²) in [5.41, 5.74) is 0.494. The van der Waals surface area contributed by atoms with Crippen molar-refractivity contribution in [1.82, 2.24) is 0 Å². The van der Waals surface area contributed by atoms with E-state index in [2.05, 4.69) is 13.8 Å². The van der Waals surface area contributed by atoms with Crippen LogP contribution in [-0.4, -0.2) is 34.4 Å². The number of fused-ring (bicyclic) bond motifs is 7. The number of hydrogen-bond donors (Lipinski definition) is 2. The molecule has 0 aromatic carbocycles. The van der Waals surface area contributed by atoms with E-state index in [0.717, 1.165) is 38.5 Å². The largest absolute Gasteiger partial charge is 0.505 e. The summed E-state index contributed by atoms with van der Waals surface area (Å²) in [4.78, 5) is 22.8. The molecule has 5 heteroatoms. The highest BCUT2D eigenvalue weighted by molar-refractivity contribution is 5.91. The number of hydrogen-bond acceptors (Lipinski definition) is 4. The van der Waals surface area contributed by atoms with E-state index in [4.69, 9.17) is 9.84 Å². The van der Waals surface area contributed by atoms with E-state index in [-0.39, 0.29) is 12.0 Å². The van der Waals surface area contributed by atoms with Crippen LogP contribution in [0.15, 0.2) is 11.6 Å². The highest BCUT2D eigenvalue weighted by Gasteiger charge is 2.76. The summed E-state index contributed by atoms with van der Waals surface area (Å²) in [6.45, 7) is 4.67. The molecular weight excluding hydrogens is 368 g/mol. The Morgan fingerprint density at radius 1 is 1.31 bits per heavy atom. The molecule has 0 heterocycles. The third-order valence-corrected chi connectivity index (χ3v) is 9.84. The Balaban J connectivity index is 1.47. The lowest BCUT2D eigenvalue weighted by Gasteiger charge is -2.60. The van der Waals surface area contributed by atoms with Gasteiger partial charge in [-0.2, -0.15) is 0 Å². The molecule has 2 N–H and O–H groups in total. The number of aliphatic hydroxyl groups is 1. The van der Waals surface area contributed by atoms with Gasteiger partial charge in [-0.3, -0.25) is 4.79 Å². The van der Waals surface area contributed by atoms with Crippen LogP contribution in [0.3, 0.4) is 0 Å². The first-order valence-electron chi connectivity index (χ1n) is 11.6. The zero-order valence-corrected chi connectivity index (χ0v) is 17.6. The van der Waals surface area contributed by atoms with Gasteiger partial charge in [0, 0.05) is 18.3 Å². The average Bonchev–Trinajstić information content (AvgIpc) is 3.43. The SMILES string of the molecule is CC[C@]12CC[C@H]3[C@H]([C@@H]1[C@H]1C[C@H]1[C@@]2(O)CCOC(=O)O)[C@H](C)CC1=CC(=O)CC[C@@H]13. The minimum atomic E-state index is -1.25. The maximum atomic E-state index is 12.0. The van der Waals surface area contributed by atoms with E-state index >= 15 is 0 Å². The van der Waals surface area contributed by atoms with Crippen molar-refractivity contribution >= 4 is 11.9 Å². The van der Waals surface area contributed by atoms with Crippen molar-refractivity contribution in [2.24, 2.45) is 46.8 Å². The third kappa shape index (κ3) is 2.62. The number of ether oxygens (including phenoxy) is 1. The second kappa shape index (κ2) is 6.57. The Morgan fingerprint density at radius 2 is 2.10 bits per heavy atom. The minimum absolute atomic E-state index is 0.0881. The van der Waals surface area contributed by atoms with Crippen LogP contribution in [0.25, 0.3) is 0 Å². The Hall–Kier alpha value is -1.36. The number of rotatable bonds is 4. The molecule has 4 fully saturated rings. The second-order valence-electron chi connectivity index (χ2n) is 10.6. The molecule has 0 radical (unpaired) electrons. The molecule has 5 nitrogen and oxygen atoms in total. The smallest absolute Gasteiger partial charge is 0.450 e. The molecule has 0 spiro atoms. The van der Waals surface area contributed by atoms with Crippen molar-refractivity contribution in [3.05, 3.63) is 11.6 Å². The molecule has 29 heavy (non-hydrogen) atoms. The molecule has 0 aliphatic heterocycles. The van der Waals surface area contributed by atoms with Crippen LogP contribution in [0.1, 0.15) is 65.2 Å². The van der Waals surface area contributed by atoms with Crippen molar-refractivity contribution in [3.8, 4) is 0 Å². The molecule has 0 bridgehead atoms. The lowest BCUT2D eigenvalue weighted by molar-refractivity contribution is -0.166. The molecule has 4 saturated carbocycles. The van der Waals surface area contributed by atoms with Crippen LogP contribution in [-0.2, 0) is 9.53 Å². The molecule has 9 atom stereocenters. The number of ketones is 1. The van der Waals surface area contributed by atoms with Crippen LogP contribution < -0.4 is 0 Å². The van der Waals surface area contributed by atoms with Gasteiger partial charge in [0.25, 0.3) is 0 Å². The predicted octanol–water partition coefficient (Wildman–Crippen LogP) is 4.44. The van der Waals surface area contributed by atoms with Crippen LogP contribution in [0.5, 0.6) is 0 Å². The van der Waals surface area contributed by atoms with Crippen molar-refractivity contribution in [1.29, 1.82) is 0 Å². The van der Waals surface area contributed by atoms with Gasteiger partial charge in [-0.05, 0) is 86.0 Å². The van der Waals surface area contributed by atoms with Gasteiger partial charge in [-0.15, -0.1) is 0 Å². The third-order valence-electron chi connectivity index (χ3n) is 9.84. The van der Waals surface area contributed by atoms with Gasteiger partial charge >= 0.3 is 6.16 Å². The molecule has 0 amide bonds. The van der Waals surface area contributed by atoms with E-state index < -0.39 is 11.8 Å². The van der Waals surface area contributed by atoms with E-state index in [9.17, 15) is 14.7 Å². The van der Waals surface area contributed by atoms with Gasteiger partial charge in [0.2, 0.25) is 0 Å². The summed E-state index contributed by atoms with van der Waals surface area (Å²) in [6, 6.07) is 0. The average molecular weight is 403 g/mol. The standard InChI is InChI=1S/C24H34O5/c1-3-23-7-6-17-16-5-4-15(25)11-14(16)10-13(2)20(17)21(23)18-12-19(18)24(23,28)8-9-29-22(26)27/h11,13,16-21,28H,3-10,12H2,1-2H3,(H,26,27)/t13-,16+,17-,18+,19-,20-,21+,23+,24+/m1/s1. The first-order chi connectivity index (χ1) is 13.8. The van der Waals surface area contributed by atoms with Gasteiger partial charge in [-0.1, -0.05) is 19.4 Å². The summed E-state index contributed by atoms with van der Waals surface area (Å²) in [7, 11) is 0. The van der Waals surface area contributed by atoms with Gasteiger partial charge in [0.05, 0.1) is 12.2 Å². The number of carbonyl (C=O) groups is 2. The van der Waals surface area contributed by atoms with Crippen molar-refractivity contribution in [2.75, 3.05) is 6.61 Å². The summed E-state index contributed by atoms with van der Waals surface area (Å²) in [5, 5.41) is 20.9. The molecule has 5 aliphatic rings. The molecule has 5 rings (SSSR count). The highest BCUT2D eigenvalue weighted by atomic mass is 16.7. The molecule has 5 aliphatic carbocycles.